The highest BCUT2D eigenvalue weighted by molar-refractivity contribution is 5.42. The van der Waals surface area contributed by atoms with Crippen LogP contribution in [0.3, 0.4) is 0 Å². The zero-order chi connectivity index (χ0) is 20.1. The summed E-state index contributed by atoms with van der Waals surface area (Å²) in [4.78, 5) is 4.10. The molecule has 2 aromatic carbocycles. The lowest BCUT2D eigenvalue weighted by Gasteiger charge is -2.25. The molecule has 2 atom stereocenters. The molecule has 4 heteroatoms. The van der Waals surface area contributed by atoms with Crippen molar-refractivity contribution in [3.05, 3.63) is 58.7 Å². The SMILES string of the molecule is CCC(c1ccc(CN(C)C)c(O)c1)C(C)c1ccc(CN(C)C)c(O)c1.[HH].[HH]. The first-order chi connectivity index (χ1) is 12.7. The van der Waals surface area contributed by atoms with E-state index in [4.69, 9.17) is 0 Å². The molecule has 2 aromatic rings. The van der Waals surface area contributed by atoms with E-state index in [-0.39, 0.29) is 14.7 Å². The Kier molecular flexibility index (Phi) is 7.28. The van der Waals surface area contributed by atoms with Crippen LogP contribution in [0, 0.1) is 0 Å². The Morgan fingerprint density at radius 3 is 1.67 bits per heavy atom. The molecule has 0 aromatic heterocycles. The van der Waals surface area contributed by atoms with E-state index in [0.717, 1.165) is 41.8 Å². The molecule has 0 saturated heterocycles. The van der Waals surface area contributed by atoms with Crippen LogP contribution in [-0.4, -0.2) is 48.2 Å². The van der Waals surface area contributed by atoms with Crippen LogP contribution >= 0.6 is 0 Å². The minimum Gasteiger partial charge on any atom is -0.508 e. The fourth-order valence-electron chi connectivity index (χ4n) is 3.73. The standard InChI is InChI=1S/C23H34N2O2.2H2/c1-7-21(18-9-11-20(15-25(5)6)23(27)13-18)16(2)17-8-10-19(14-24(3)4)22(26)12-17;;/h8-13,16,21,26-27H,7,14-15H2,1-6H3;2*1H. The fourth-order valence-corrected chi connectivity index (χ4v) is 3.73. The van der Waals surface area contributed by atoms with Crippen LogP contribution in [0.1, 0.15) is 57.2 Å². The second kappa shape index (κ2) is 9.25. The first-order valence-electron chi connectivity index (χ1n) is 9.66. The van der Waals surface area contributed by atoms with Gasteiger partial charge in [0, 0.05) is 27.1 Å². The van der Waals surface area contributed by atoms with Crippen LogP contribution in [0.15, 0.2) is 36.4 Å². The van der Waals surface area contributed by atoms with Crippen molar-refractivity contribution >= 4 is 0 Å². The highest BCUT2D eigenvalue weighted by atomic mass is 16.3. The Morgan fingerprint density at radius 2 is 1.26 bits per heavy atom. The van der Waals surface area contributed by atoms with Gasteiger partial charge >= 0.3 is 0 Å². The Labute approximate surface area is 167 Å². The van der Waals surface area contributed by atoms with E-state index in [1.54, 1.807) is 0 Å². The van der Waals surface area contributed by atoms with Crippen LogP contribution in [0.2, 0.25) is 0 Å². The highest BCUT2D eigenvalue weighted by Crippen LogP contribution is 2.38. The third kappa shape index (κ3) is 5.47. The molecule has 0 radical (unpaired) electrons. The van der Waals surface area contributed by atoms with E-state index >= 15 is 0 Å². The first kappa shape index (κ1) is 21.3. The molecule has 0 saturated carbocycles. The lowest BCUT2D eigenvalue weighted by atomic mass is 9.80. The number of nitrogens with zero attached hydrogens (tertiary/aromatic N) is 2. The second-order valence-electron chi connectivity index (χ2n) is 8.06. The fraction of sp³-hybridized carbons (Fsp3) is 0.478. The minimum atomic E-state index is 0. The third-order valence-electron chi connectivity index (χ3n) is 5.19. The molecular formula is C23H38N2O2. The largest absolute Gasteiger partial charge is 0.508 e. The topological polar surface area (TPSA) is 46.9 Å². The summed E-state index contributed by atoms with van der Waals surface area (Å²) in [5.41, 5.74) is 4.15. The smallest absolute Gasteiger partial charge is 0.120 e. The normalized spacial score (nSPS) is 13.9. The molecule has 0 aliphatic rings. The predicted octanol–water partition coefficient (Wildman–Crippen LogP) is 5.01. The molecule has 0 bridgehead atoms. The Hall–Kier alpha value is -2.04. The Morgan fingerprint density at radius 1 is 0.815 bits per heavy atom. The van der Waals surface area contributed by atoms with Gasteiger partial charge in [-0.1, -0.05) is 38.1 Å². The lowest BCUT2D eigenvalue weighted by Crippen LogP contribution is -2.12. The van der Waals surface area contributed by atoms with Crippen molar-refractivity contribution in [3.63, 3.8) is 0 Å². The third-order valence-corrected chi connectivity index (χ3v) is 5.19. The molecule has 4 nitrogen and oxygen atoms in total. The number of benzene rings is 2. The highest BCUT2D eigenvalue weighted by Gasteiger charge is 2.21. The quantitative estimate of drug-likeness (QED) is 0.682. The molecule has 0 fully saturated rings. The van der Waals surface area contributed by atoms with Gasteiger partial charge in [0.2, 0.25) is 0 Å². The molecular weight excluding hydrogens is 336 g/mol. The van der Waals surface area contributed by atoms with Crippen molar-refractivity contribution in [1.82, 2.24) is 9.80 Å². The molecule has 2 rings (SSSR count). The zero-order valence-corrected chi connectivity index (χ0v) is 17.5. The van der Waals surface area contributed by atoms with Gasteiger partial charge in [0.15, 0.2) is 0 Å². The van der Waals surface area contributed by atoms with Crippen LogP contribution in [0.5, 0.6) is 11.5 Å². The van der Waals surface area contributed by atoms with Crippen molar-refractivity contribution in [3.8, 4) is 11.5 Å². The molecule has 0 amide bonds. The molecule has 0 spiro atoms. The number of rotatable bonds is 8. The molecule has 0 aliphatic heterocycles. The van der Waals surface area contributed by atoms with E-state index in [1.165, 1.54) is 0 Å². The summed E-state index contributed by atoms with van der Waals surface area (Å²) in [5, 5.41) is 20.8. The van der Waals surface area contributed by atoms with Crippen LogP contribution in [0.4, 0.5) is 0 Å². The number of phenols is 2. The van der Waals surface area contributed by atoms with Gasteiger partial charge in [-0.25, -0.2) is 0 Å². The summed E-state index contributed by atoms with van der Waals surface area (Å²) < 4.78 is 0. The van der Waals surface area contributed by atoms with Gasteiger partial charge in [-0.05, 0) is 69.7 Å². The monoisotopic (exact) mass is 374 g/mol. The molecule has 0 aliphatic carbocycles. The number of phenolic OH excluding ortho intramolecular Hbond substituents is 2. The molecule has 2 unspecified atom stereocenters. The van der Waals surface area contributed by atoms with E-state index in [1.807, 2.05) is 62.3 Å². The van der Waals surface area contributed by atoms with Crippen LogP contribution < -0.4 is 0 Å². The first-order valence-corrected chi connectivity index (χ1v) is 9.66. The van der Waals surface area contributed by atoms with Gasteiger partial charge in [0.1, 0.15) is 11.5 Å². The van der Waals surface area contributed by atoms with Gasteiger partial charge in [0.25, 0.3) is 0 Å². The second-order valence-corrected chi connectivity index (χ2v) is 8.06. The van der Waals surface area contributed by atoms with E-state index in [2.05, 4.69) is 26.0 Å². The molecule has 2 N–H and O–H groups in total. The van der Waals surface area contributed by atoms with Crippen molar-refractivity contribution in [1.29, 1.82) is 0 Å². The van der Waals surface area contributed by atoms with Gasteiger partial charge < -0.3 is 20.0 Å². The minimum absolute atomic E-state index is 0. The van der Waals surface area contributed by atoms with Gasteiger partial charge in [-0.15, -0.1) is 0 Å². The van der Waals surface area contributed by atoms with Crippen LogP contribution in [0.25, 0.3) is 0 Å². The summed E-state index contributed by atoms with van der Waals surface area (Å²) in [7, 11) is 7.98. The average molecular weight is 375 g/mol. The summed E-state index contributed by atoms with van der Waals surface area (Å²) in [6, 6.07) is 12.1. The maximum atomic E-state index is 10.4. The summed E-state index contributed by atoms with van der Waals surface area (Å²) in [5.74, 6) is 1.24. The summed E-state index contributed by atoms with van der Waals surface area (Å²) in [6.07, 6.45) is 0.966. The summed E-state index contributed by atoms with van der Waals surface area (Å²) >= 11 is 0. The average Bonchev–Trinajstić information content (AvgIpc) is 2.59. The molecule has 152 valence electrons. The van der Waals surface area contributed by atoms with Crippen molar-refractivity contribution in [2.75, 3.05) is 28.2 Å². The predicted molar refractivity (Wildman–Crippen MR) is 117 cm³/mol. The number of hydrogen-bond donors (Lipinski definition) is 2. The van der Waals surface area contributed by atoms with Gasteiger partial charge in [-0.2, -0.15) is 0 Å². The summed E-state index contributed by atoms with van der Waals surface area (Å²) in [6.45, 7) is 5.81. The Balaban J connectivity index is 0.00000392. The maximum Gasteiger partial charge on any atom is 0.120 e. The molecule has 0 heterocycles. The Bertz CT molecular complexity index is 767. The van der Waals surface area contributed by atoms with Crippen molar-refractivity contribution in [2.45, 2.75) is 45.2 Å². The lowest BCUT2D eigenvalue weighted by molar-refractivity contribution is 0.384. The number of aromatic hydroxyl groups is 2. The van der Waals surface area contributed by atoms with Crippen molar-refractivity contribution in [2.24, 2.45) is 0 Å². The van der Waals surface area contributed by atoms with Crippen molar-refractivity contribution < 1.29 is 13.1 Å². The maximum absolute atomic E-state index is 10.4. The van der Waals surface area contributed by atoms with Crippen LogP contribution in [-0.2, 0) is 13.1 Å². The number of hydrogen-bond acceptors (Lipinski definition) is 4. The van der Waals surface area contributed by atoms with E-state index in [0.29, 0.717) is 11.5 Å². The molecule has 27 heavy (non-hydrogen) atoms. The van der Waals surface area contributed by atoms with E-state index < -0.39 is 0 Å². The van der Waals surface area contributed by atoms with Gasteiger partial charge in [0.05, 0.1) is 0 Å². The zero-order valence-electron chi connectivity index (χ0n) is 17.5. The van der Waals surface area contributed by atoms with Gasteiger partial charge in [-0.3, -0.25) is 0 Å². The van der Waals surface area contributed by atoms with E-state index in [9.17, 15) is 10.2 Å².